The highest BCUT2D eigenvalue weighted by Gasteiger charge is 2.62. The van der Waals surface area contributed by atoms with Gasteiger partial charge >= 0.3 is 12.1 Å². The van der Waals surface area contributed by atoms with E-state index in [2.05, 4.69) is 10.4 Å². The van der Waals surface area contributed by atoms with Crippen molar-refractivity contribution in [3.8, 4) is 0 Å². The molecule has 3 nitrogen and oxygen atoms in total. The number of alkyl halides is 5. The minimum atomic E-state index is -5.73. The molecule has 2 aliphatic heterocycles. The molecule has 0 aliphatic carbocycles. The lowest BCUT2D eigenvalue weighted by molar-refractivity contribution is -0.249. The van der Waals surface area contributed by atoms with Gasteiger partial charge in [-0.1, -0.05) is 48.0 Å². The molecule has 0 fully saturated rings. The lowest BCUT2D eigenvalue weighted by atomic mass is 9.93. The molecular formula is C22H19ClF5N3. The summed E-state index contributed by atoms with van der Waals surface area (Å²) in [5, 5.41) is 8.33. The van der Waals surface area contributed by atoms with E-state index in [4.69, 9.17) is 11.6 Å². The fraction of sp³-hybridized carbons (Fsp3) is 0.318. The van der Waals surface area contributed by atoms with Crippen molar-refractivity contribution in [2.75, 3.05) is 18.1 Å². The van der Waals surface area contributed by atoms with Gasteiger partial charge in [-0.25, -0.2) is 0 Å². The van der Waals surface area contributed by atoms with Crippen LogP contribution in [0, 0.1) is 0 Å². The largest absolute Gasteiger partial charge is 0.459 e. The van der Waals surface area contributed by atoms with E-state index in [-0.39, 0.29) is 10.7 Å². The molecule has 9 heteroatoms. The SMILES string of the molecule is FC(F)(F)C(F)(F)C1=NN(c2ccccc2Cl)C(c2cccc(C3=CCNCC3)c2)C1. The first-order chi connectivity index (χ1) is 14.7. The van der Waals surface area contributed by atoms with Crippen molar-refractivity contribution in [3.05, 3.63) is 70.8 Å². The molecule has 164 valence electrons. The zero-order chi connectivity index (χ0) is 22.2. The molecule has 0 saturated carbocycles. The molecule has 0 spiro atoms. The van der Waals surface area contributed by atoms with Crippen molar-refractivity contribution < 1.29 is 22.0 Å². The summed E-state index contributed by atoms with van der Waals surface area (Å²) >= 11 is 6.23. The summed E-state index contributed by atoms with van der Waals surface area (Å²) in [6, 6.07) is 12.7. The Morgan fingerprint density at radius 3 is 2.48 bits per heavy atom. The second kappa shape index (κ2) is 8.24. The fourth-order valence-electron chi connectivity index (χ4n) is 3.81. The van der Waals surface area contributed by atoms with Gasteiger partial charge in [0.05, 0.1) is 16.8 Å². The van der Waals surface area contributed by atoms with Crippen LogP contribution in [0.3, 0.4) is 0 Å². The number of hydrogen-bond donors (Lipinski definition) is 1. The minimum Gasteiger partial charge on any atom is -0.313 e. The minimum absolute atomic E-state index is 0.213. The van der Waals surface area contributed by atoms with E-state index in [0.717, 1.165) is 30.6 Å². The molecule has 1 atom stereocenters. The Morgan fingerprint density at radius 2 is 1.81 bits per heavy atom. The summed E-state index contributed by atoms with van der Waals surface area (Å²) in [7, 11) is 0. The first-order valence-electron chi connectivity index (χ1n) is 9.75. The van der Waals surface area contributed by atoms with Crippen molar-refractivity contribution in [1.82, 2.24) is 5.32 Å². The molecule has 1 unspecified atom stereocenters. The van der Waals surface area contributed by atoms with Gasteiger partial charge in [0.1, 0.15) is 5.71 Å². The van der Waals surface area contributed by atoms with Gasteiger partial charge in [0, 0.05) is 13.0 Å². The van der Waals surface area contributed by atoms with Gasteiger partial charge in [-0.05, 0) is 47.9 Å². The Bertz CT molecular complexity index is 1030. The predicted octanol–water partition coefficient (Wildman–Crippen LogP) is 6.22. The average Bonchev–Trinajstić information content (AvgIpc) is 3.20. The molecule has 2 aromatic rings. The number of anilines is 1. The first-order valence-corrected chi connectivity index (χ1v) is 10.1. The third-order valence-corrected chi connectivity index (χ3v) is 5.75. The maximum absolute atomic E-state index is 14.2. The molecule has 0 aromatic heterocycles. The molecule has 0 saturated heterocycles. The summed E-state index contributed by atoms with van der Waals surface area (Å²) in [5.41, 5.74) is 1.65. The third kappa shape index (κ3) is 4.19. The summed E-state index contributed by atoms with van der Waals surface area (Å²) in [6.07, 6.45) is -3.45. The van der Waals surface area contributed by atoms with Crippen molar-refractivity contribution >= 4 is 28.6 Å². The number of nitrogens with one attached hydrogen (secondary N) is 1. The molecule has 1 N–H and O–H groups in total. The quantitative estimate of drug-likeness (QED) is 0.554. The molecule has 0 radical (unpaired) electrons. The summed E-state index contributed by atoms with van der Waals surface area (Å²) in [4.78, 5) is 0. The number of hydrogen-bond acceptors (Lipinski definition) is 3. The highest BCUT2D eigenvalue weighted by molar-refractivity contribution is 6.33. The highest BCUT2D eigenvalue weighted by atomic mass is 35.5. The van der Waals surface area contributed by atoms with E-state index in [1.807, 2.05) is 18.2 Å². The van der Waals surface area contributed by atoms with Crippen molar-refractivity contribution in [2.45, 2.75) is 31.0 Å². The topological polar surface area (TPSA) is 27.6 Å². The van der Waals surface area contributed by atoms with Crippen LogP contribution in [-0.4, -0.2) is 30.9 Å². The van der Waals surface area contributed by atoms with Crippen molar-refractivity contribution in [3.63, 3.8) is 0 Å². The standard InChI is InChI=1S/C22H19ClF5N3/c23-17-6-1-2-7-18(17)31-19(13-20(30-31)21(24,25)22(26,27)28)16-5-3-4-15(12-16)14-8-10-29-11-9-14/h1-8,12,19,29H,9-11,13H2. The van der Waals surface area contributed by atoms with Crippen LogP contribution in [0.15, 0.2) is 59.7 Å². The zero-order valence-electron chi connectivity index (χ0n) is 16.3. The van der Waals surface area contributed by atoms with E-state index in [1.165, 1.54) is 5.01 Å². The Balaban J connectivity index is 1.76. The fourth-order valence-corrected chi connectivity index (χ4v) is 4.04. The number of halogens is 6. The van der Waals surface area contributed by atoms with Crippen LogP contribution in [0.4, 0.5) is 27.6 Å². The van der Waals surface area contributed by atoms with Gasteiger partial charge in [-0.3, -0.25) is 5.01 Å². The predicted molar refractivity (Wildman–Crippen MR) is 112 cm³/mol. The van der Waals surface area contributed by atoms with Gasteiger partial charge < -0.3 is 5.32 Å². The van der Waals surface area contributed by atoms with E-state index in [1.54, 1.807) is 36.4 Å². The van der Waals surface area contributed by atoms with Crippen LogP contribution in [0.5, 0.6) is 0 Å². The molecule has 0 bridgehead atoms. The molecule has 2 heterocycles. The highest BCUT2D eigenvalue weighted by Crippen LogP contribution is 2.46. The average molecular weight is 456 g/mol. The van der Waals surface area contributed by atoms with Crippen LogP contribution >= 0.6 is 11.6 Å². The van der Waals surface area contributed by atoms with Crippen LogP contribution in [0.2, 0.25) is 5.02 Å². The van der Waals surface area contributed by atoms with Gasteiger partial charge in [0.2, 0.25) is 0 Å². The smallest absolute Gasteiger partial charge is 0.313 e. The molecule has 4 rings (SSSR count). The maximum Gasteiger partial charge on any atom is 0.459 e. The lowest BCUT2D eigenvalue weighted by Crippen LogP contribution is -2.43. The van der Waals surface area contributed by atoms with Crippen LogP contribution < -0.4 is 10.3 Å². The summed E-state index contributed by atoms with van der Waals surface area (Å²) < 4.78 is 67.4. The monoisotopic (exact) mass is 455 g/mol. The summed E-state index contributed by atoms with van der Waals surface area (Å²) in [6.45, 7) is 1.54. The Morgan fingerprint density at radius 1 is 1.03 bits per heavy atom. The third-order valence-electron chi connectivity index (χ3n) is 5.43. The Hall–Kier alpha value is -2.45. The Labute approximate surface area is 181 Å². The number of benzene rings is 2. The molecule has 31 heavy (non-hydrogen) atoms. The van der Waals surface area contributed by atoms with Gasteiger partial charge in [0.15, 0.2) is 0 Å². The molecule has 2 aliphatic rings. The number of rotatable bonds is 4. The summed E-state index contributed by atoms with van der Waals surface area (Å²) in [5.74, 6) is -5.03. The van der Waals surface area contributed by atoms with E-state index < -0.39 is 30.3 Å². The second-order valence-electron chi connectivity index (χ2n) is 7.44. The first kappa shape index (κ1) is 21.8. The Kier molecular flexibility index (Phi) is 5.79. The van der Waals surface area contributed by atoms with E-state index in [9.17, 15) is 22.0 Å². The van der Waals surface area contributed by atoms with Crippen LogP contribution in [-0.2, 0) is 0 Å². The molecule has 2 aromatic carbocycles. The van der Waals surface area contributed by atoms with E-state index in [0.29, 0.717) is 5.56 Å². The molecule has 0 amide bonds. The molecular weight excluding hydrogens is 437 g/mol. The maximum atomic E-state index is 14.2. The normalized spacial score (nSPS) is 19.9. The van der Waals surface area contributed by atoms with Crippen molar-refractivity contribution in [1.29, 1.82) is 0 Å². The lowest BCUT2D eigenvalue weighted by Gasteiger charge is -2.25. The van der Waals surface area contributed by atoms with Crippen LogP contribution in [0.25, 0.3) is 5.57 Å². The van der Waals surface area contributed by atoms with Gasteiger partial charge in [-0.2, -0.15) is 27.1 Å². The van der Waals surface area contributed by atoms with E-state index >= 15 is 0 Å². The zero-order valence-corrected chi connectivity index (χ0v) is 17.0. The van der Waals surface area contributed by atoms with Crippen LogP contribution in [0.1, 0.15) is 30.0 Å². The van der Waals surface area contributed by atoms with Gasteiger partial charge in [0.25, 0.3) is 0 Å². The number of nitrogens with zero attached hydrogens (tertiary/aromatic N) is 2. The van der Waals surface area contributed by atoms with Gasteiger partial charge in [-0.15, -0.1) is 0 Å². The van der Waals surface area contributed by atoms with Crippen molar-refractivity contribution in [2.24, 2.45) is 5.10 Å². The second-order valence-corrected chi connectivity index (χ2v) is 7.85. The number of para-hydroxylation sites is 1. The number of hydrazone groups is 1.